The van der Waals surface area contributed by atoms with Gasteiger partial charge in [-0.2, -0.15) is 9.41 Å². The third-order valence-electron chi connectivity index (χ3n) is 4.53. The van der Waals surface area contributed by atoms with Gasteiger partial charge < -0.3 is 9.47 Å². The van der Waals surface area contributed by atoms with E-state index in [0.29, 0.717) is 37.8 Å². The maximum atomic E-state index is 12.8. The number of hydrogen-bond acceptors (Lipinski definition) is 6. The van der Waals surface area contributed by atoms with Crippen LogP contribution in [-0.2, 0) is 14.8 Å². The van der Waals surface area contributed by atoms with Gasteiger partial charge in [-0.1, -0.05) is 18.2 Å². The van der Waals surface area contributed by atoms with Crippen LogP contribution in [0, 0.1) is 0 Å². The van der Waals surface area contributed by atoms with Crippen molar-refractivity contribution in [1.82, 2.24) is 9.73 Å². The van der Waals surface area contributed by atoms with Gasteiger partial charge in [0.15, 0.2) is 0 Å². The molecule has 0 radical (unpaired) electrons. The Hall–Kier alpha value is -2.75. The number of hydrogen-bond donors (Lipinski definition) is 1. The largest absolute Gasteiger partial charge is 0.496 e. The van der Waals surface area contributed by atoms with E-state index in [1.165, 1.54) is 16.4 Å². The third-order valence-corrected chi connectivity index (χ3v) is 6.42. The second-order valence-corrected chi connectivity index (χ2v) is 8.32. The maximum Gasteiger partial charge on any atom is 0.271 e. The molecule has 2 aromatic rings. The van der Waals surface area contributed by atoms with E-state index in [0.717, 1.165) is 5.56 Å². The van der Waals surface area contributed by atoms with E-state index >= 15 is 0 Å². The molecule has 0 saturated carbocycles. The zero-order valence-corrected chi connectivity index (χ0v) is 17.1. The van der Waals surface area contributed by atoms with Gasteiger partial charge in [-0.05, 0) is 37.3 Å². The first-order valence-electron chi connectivity index (χ1n) is 9.09. The third kappa shape index (κ3) is 4.81. The van der Waals surface area contributed by atoms with Crippen LogP contribution in [0.15, 0.2) is 58.5 Å². The summed E-state index contributed by atoms with van der Waals surface area (Å²) in [6, 6.07) is 13.2. The molecule has 1 aliphatic rings. The van der Waals surface area contributed by atoms with Crippen LogP contribution in [0.25, 0.3) is 0 Å². The van der Waals surface area contributed by atoms with E-state index in [9.17, 15) is 13.2 Å². The smallest absolute Gasteiger partial charge is 0.271 e. The number of carbonyl (C=O) groups is 1. The predicted molar refractivity (Wildman–Crippen MR) is 109 cm³/mol. The lowest BCUT2D eigenvalue weighted by Crippen LogP contribution is -2.40. The Labute approximate surface area is 170 Å². The van der Waals surface area contributed by atoms with Crippen molar-refractivity contribution in [2.24, 2.45) is 5.10 Å². The Balaban J connectivity index is 1.77. The molecule has 29 heavy (non-hydrogen) atoms. The summed E-state index contributed by atoms with van der Waals surface area (Å²) in [6.45, 7) is 3.05. The van der Waals surface area contributed by atoms with E-state index in [1.807, 2.05) is 18.2 Å². The first kappa shape index (κ1) is 21.0. The number of methoxy groups -OCH3 is 1. The Morgan fingerprint density at radius 2 is 1.86 bits per heavy atom. The van der Waals surface area contributed by atoms with Crippen molar-refractivity contribution in [3.63, 3.8) is 0 Å². The fraction of sp³-hybridized carbons (Fsp3) is 0.300. The lowest BCUT2D eigenvalue weighted by atomic mass is 10.1. The van der Waals surface area contributed by atoms with Crippen LogP contribution in [0.2, 0.25) is 0 Å². The second kappa shape index (κ2) is 9.17. The van der Waals surface area contributed by atoms with Crippen molar-refractivity contribution in [2.75, 3.05) is 33.4 Å². The highest BCUT2D eigenvalue weighted by Crippen LogP contribution is 2.19. The summed E-state index contributed by atoms with van der Waals surface area (Å²) in [5.41, 5.74) is 3.99. The minimum absolute atomic E-state index is 0.0671. The van der Waals surface area contributed by atoms with Gasteiger partial charge in [0, 0.05) is 24.2 Å². The Morgan fingerprint density at radius 3 is 2.59 bits per heavy atom. The van der Waals surface area contributed by atoms with Crippen LogP contribution in [0.3, 0.4) is 0 Å². The van der Waals surface area contributed by atoms with E-state index in [1.54, 1.807) is 32.2 Å². The van der Waals surface area contributed by atoms with Crippen LogP contribution >= 0.6 is 0 Å². The number of nitrogens with one attached hydrogen (secondary N) is 1. The highest BCUT2D eigenvalue weighted by atomic mass is 32.2. The summed E-state index contributed by atoms with van der Waals surface area (Å²) in [7, 11) is -2.12. The highest BCUT2D eigenvalue weighted by Gasteiger charge is 2.26. The summed E-state index contributed by atoms with van der Waals surface area (Å²) in [6.07, 6.45) is 0. The van der Waals surface area contributed by atoms with E-state index < -0.39 is 15.9 Å². The fourth-order valence-corrected chi connectivity index (χ4v) is 4.39. The Bertz CT molecular complexity index is 1010. The van der Waals surface area contributed by atoms with Gasteiger partial charge in [-0.3, -0.25) is 4.79 Å². The minimum Gasteiger partial charge on any atom is -0.496 e. The molecule has 8 nitrogen and oxygen atoms in total. The molecular weight excluding hydrogens is 394 g/mol. The number of morpholine rings is 1. The molecule has 1 saturated heterocycles. The Morgan fingerprint density at radius 1 is 1.14 bits per heavy atom. The van der Waals surface area contributed by atoms with Crippen molar-refractivity contribution in [2.45, 2.75) is 11.8 Å². The number of para-hydroxylation sites is 1. The predicted octanol–water partition coefficient (Wildman–Crippen LogP) is 1.87. The van der Waals surface area contributed by atoms with Crippen molar-refractivity contribution in [1.29, 1.82) is 0 Å². The van der Waals surface area contributed by atoms with Crippen molar-refractivity contribution in [3.8, 4) is 5.75 Å². The molecule has 1 heterocycles. The average molecular weight is 417 g/mol. The molecule has 1 aliphatic heterocycles. The fourth-order valence-electron chi connectivity index (χ4n) is 2.94. The van der Waals surface area contributed by atoms with Crippen molar-refractivity contribution in [3.05, 3.63) is 59.7 Å². The Kier molecular flexibility index (Phi) is 6.63. The molecule has 0 bridgehead atoms. The maximum absolute atomic E-state index is 12.8. The number of benzene rings is 2. The molecule has 0 aromatic heterocycles. The van der Waals surface area contributed by atoms with Gasteiger partial charge in [-0.25, -0.2) is 13.8 Å². The lowest BCUT2D eigenvalue weighted by molar-refractivity contribution is 0.0730. The van der Waals surface area contributed by atoms with Gasteiger partial charge in [0.25, 0.3) is 5.91 Å². The molecule has 3 rings (SSSR count). The molecule has 0 atom stereocenters. The molecule has 1 N–H and O–H groups in total. The molecule has 154 valence electrons. The van der Waals surface area contributed by atoms with Crippen LogP contribution < -0.4 is 10.2 Å². The van der Waals surface area contributed by atoms with Gasteiger partial charge in [-0.15, -0.1) is 0 Å². The summed E-state index contributed by atoms with van der Waals surface area (Å²) >= 11 is 0. The molecule has 0 aliphatic carbocycles. The van der Waals surface area contributed by atoms with Crippen LogP contribution in [0.1, 0.15) is 22.8 Å². The van der Waals surface area contributed by atoms with E-state index in [2.05, 4.69) is 10.5 Å². The molecule has 2 aromatic carbocycles. The van der Waals surface area contributed by atoms with Gasteiger partial charge in [0.2, 0.25) is 10.0 Å². The zero-order valence-electron chi connectivity index (χ0n) is 16.3. The molecule has 9 heteroatoms. The standard InChI is InChI=1S/C20H23N3O5S/c1-15(18-8-3-4-9-19(18)27-2)21-22-20(24)16-6-5-7-17(14-16)29(25,26)23-10-12-28-13-11-23/h3-9,14H,10-13H2,1-2H3,(H,22,24)/b21-15+. The quantitative estimate of drug-likeness (QED) is 0.572. The van der Waals surface area contributed by atoms with Crippen LogP contribution in [-0.4, -0.2) is 57.8 Å². The average Bonchev–Trinajstić information content (AvgIpc) is 2.77. The summed E-state index contributed by atoms with van der Waals surface area (Å²) in [5, 5.41) is 4.12. The number of carbonyl (C=O) groups excluding carboxylic acids is 1. The van der Waals surface area contributed by atoms with Crippen LogP contribution in [0.5, 0.6) is 5.75 Å². The van der Waals surface area contributed by atoms with Crippen molar-refractivity contribution >= 4 is 21.6 Å². The highest BCUT2D eigenvalue weighted by molar-refractivity contribution is 7.89. The number of hydrazone groups is 1. The van der Waals surface area contributed by atoms with Gasteiger partial charge in [0.05, 0.1) is 30.9 Å². The summed E-state index contributed by atoms with van der Waals surface area (Å²) in [4.78, 5) is 12.6. The number of amides is 1. The molecule has 1 fully saturated rings. The minimum atomic E-state index is -3.68. The lowest BCUT2D eigenvalue weighted by Gasteiger charge is -2.26. The number of ether oxygens (including phenoxy) is 2. The zero-order chi connectivity index (χ0) is 20.9. The molecule has 1 amide bonds. The van der Waals surface area contributed by atoms with E-state index in [4.69, 9.17) is 9.47 Å². The first-order valence-corrected chi connectivity index (χ1v) is 10.5. The van der Waals surface area contributed by atoms with Crippen molar-refractivity contribution < 1.29 is 22.7 Å². The molecular formula is C20H23N3O5S. The van der Waals surface area contributed by atoms with E-state index in [-0.39, 0.29) is 10.5 Å². The summed E-state index contributed by atoms with van der Waals surface area (Å²) in [5.74, 6) is 0.139. The second-order valence-electron chi connectivity index (χ2n) is 6.38. The summed E-state index contributed by atoms with van der Waals surface area (Å²) < 4.78 is 37.4. The normalized spacial score (nSPS) is 15.7. The monoisotopic (exact) mass is 417 g/mol. The van der Waals surface area contributed by atoms with Gasteiger partial charge >= 0.3 is 0 Å². The topological polar surface area (TPSA) is 97.3 Å². The molecule has 0 spiro atoms. The van der Waals surface area contributed by atoms with Crippen LogP contribution in [0.4, 0.5) is 0 Å². The number of sulfonamides is 1. The molecule has 0 unspecified atom stereocenters. The first-order chi connectivity index (χ1) is 13.9. The number of rotatable bonds is 6. The number of nitrogens with zero attached hydrogens (tertiary/aromatic N) is 2. The van der Waals surface area contributed by atoms with Gasteiger partial charge in [0.1, 0.15) is 5.75 Å². The SMILES string of the molecule is COc1ccccc1/C(C)=N/NC(=O)c1cccc(S(=O)(=O)N2CCOCC2)c1.